The molecule has 2 amide bonds. The quantitative estimate of drug-likeness (QED) is 0.805. The van der Waals surface area contributed by atoms with Crippen LogP contribution in [0.1, 0.15) is 36.2 Å². The van der Waals surface area contributed by atoms with Crippen LogP contribution in [0.4, 0.5) is 0 Å². The maximum absolute atomic E-state index is 12.3. The van der Waals surface area contributed by atoms with Crippen LogP contribution in [0.2, 0.25) is 0 Å². The van der Waals surface area contributed by atoms with Gasteiger partial charge in [0.2, 0.25) is 5.91 Å². The smallest absolute Gasteiger partial charge is 0.273 e. The van der Waals surface area contributed by atoms with E-state index < -0.39 is 5.91 Å². The summed E-state index contributed by atoms with van der Waals surface area (Å²) in [5.74, 6) is -0.756. The predicted octanol–water partition coefficient (Wildman–Crippen LogP) is 0.885. The standard InChI is InChI=1S/C16H18N4O3/c1-20-16(23)12-9-5-4-8-11(12)13(19-20)15(22)18-17-14(21)10-6-2-3-7-10/h4-5,8-10H,2-3,6-7H2,1H3,(H,17,21)(H,18,22). The van der Waals surface area contributed by atoms with Crippen LogP contribution < -0.4 is 16.4 Å². The van der Waals surface area contributed by atoms with Crippen LogP contribution in [0.3, 0.4) is 0 Å². The van der Waals surface area contributed by atoms with Gasteiger partial charge in [-0.3, -0.25) is 25.2 Å². The van der Waals surface area contributed by atoms with Gasteiger partial charge < -0.3 is 0 Å². The lowest BCUT2D eigenvalue weighted by Gasteiger charge is -2.12. The zero-order valence-corrected chi connectivity index (χ0v) is 12.8. The van der Waals surface area contributed by atoms with E-state index in [0.717, 1.165) is 30.4 Å². The number of aryl methyl sites for hydroxylation is 1. The van der Waals surface area contributed by atoms with Crippen molar-refractivity contribution in [2.45, 2.75) is 25.7 Å². The molecule has 0 saturated heterocycles. The minimum absolute atomic E-state index is 0.0415. The first kappa shape index (κ1) is 15.2. The largest absolute Gasteiger partial charge is 0.290 e. The van der Waals surface area contributed by atoms with Gasteiger partial charge >= 0.3 is 0 Å². The SMILES string of the molecule is Cn1nc(C(=O)NNC(=O)C2CCCC2)c2ccccc2c1=O. The van der Waals surface area contributed by atoms with Crippen molar-refractivity contribution >= 4 is 22.6 Å². The summed E-state index contributed by atoms with van der Waals surface area (Å²) in [5.41, 5.74) is 4.69. The summed E-state index contributed by atoms with van der Waals surface area (Å²) in [4.78, 5) is 36.3. The Morgan fingerprint density at radius 1 is 1.13 bits per heavy atom. The van der Waals surface area contributed by atoms with Crippen molar-refractivity contribution in [2.75, 3.05) is 0 Å². The lowest BCUT2D eigenvalue weighted by atomic mass is 10.1. The van der Waals surface area contributed by atoms with Crippen molar-refractivity contribution in [2.24, 2.45) is 13.0 Å². The monoisotopic (exact) mass is 314 g/mol. The molecule has 1 saturated carbocycles. The molecule has 1 aliphatic rings. The number of nitrogens with one attached hydrogen (secondary N) is 2. The Hall–Kier alpha value is -2.70. The second-order valence-corrected chi connectivity index (χ2v) is 5.75. The Bertz CT molecular complexity index is 822. The van der Waals surface area contributed by atoms with Crippen LogP contribution in [0.5, 0.6) is 0 Å². The molecular weight excluding hydrogens is 296 g/mol. The highest BCUT2D eigenvalue weighted by atomic mass is 16.2. The number of amides is 2. The molecule has 0 spiro atoms. The van der Waals surface area contributed by atoms with E-state index in [4.69, 9.17) is 0 Å². The second-order valence-electron chi connectivity index (χ2n) is 5.75. The molecule has 0 aliphatic heterocycles. The molecule has 7 nitrogen and oxygen atoms in total. The molecule has 7 heteroatoms. The van der Waals surface area contributed by atoms with Crippen molar-refractivity contribution in [3.05, 3.63) is 40.3 Å². The number of benzene rings is 1. The van der Waals surface area contributed by atoms with E-state index >= 15 is 0 Å². The van der Waals surface area contributed by atoms with E-state index in [0.29, 0.717) is 10.8 Å². The Kier molecular flexibility index (Phi) is 4.10. The van der Waals surface area contributed by atoms with Gasteiger partial charge in [0.25, 0.3) is 11.5 Å². The van der Waals surface area contributed by atoms with Gasteiger partial charge in [-0.2, -0.15) is 5.10 Å². The third-order valence-electron chi connectivity index (χ3n) is 4.20. The average molecular weight is 314 g/mol. The maximum Gasteiger partial charge on any atom is 0.290 e. The van der Waals surface area contributed by atoms with Crippen molar-refractivity contribution in [3.63, 3.8) is 0 Å². The van der Waals surface area contributed by atoms with E-state index in [1.165, 1.54) is 7.05 Å². The highest BCUT2D eigenvalue weighted by Gasteiger charge is 2.23. The zero-order valence-electron chi connectivity index (χ0n) is 12.8. The van der Waals surface area contributed by atoms with Crippen LogP contribution >= 0.6 is 0 Å². The van der Waals surface area contributed by atoms with Crippen LogP contribution in [0.25, 0.3) is 10.8 Å². The van der Waals surface area contributed by atoms with Gasteiger partial charge in [-0.05, 0) is 18.9 Å². The minimum Gasteiger partial charge on any atom is -0.273 e. The third-order valence-corrected chi connectivity index (χ3v) is 4.20. The molecule has 0 radical (unpaired) electrons. The molecule has 1 aromatic carbocycles. The van der Waals surface area contributed by atoms with E-state index in [2.05, 4.69) is 16.0 Å². The normalized spacial score (nSPS) is 14.8. The second kappa shape index (κ2) is 6.20. The molecule has 3 rings (SSSR count). The van der Waals surface area contributed by atoms with Crippen LogP contribution in [0, 0.1) is 5.92 Å². The molecule has 0 bridgehead atoms. The number of hydrogen-bond donors (Lipinski definition) is 2. The van der Waals surface area contributed by atoms with Gasteiger partial charge in [0.05, 0.1) is 5.39 Å². The fourth-order valence-corrected chi connectivity index (χ4v) is 2.94. The Balaban J connectivity index is 1.82. The van der Waals surface area contributed by atoms with Crippen LogP contribution in [0.15, 0.2) is 29.1 Å². The molecule has 2 N–H and O–H groups in total. The molecule has 1 fully saturated rings. The van der Waals surface area contributed by atoms with Gasteiger partial charge in [0.15, 0.2) is 5.69 Å². The molecule has 23 heavy (non-hydrogen) atoms. The number of carbonyl (C=O) groups is 2. The summed E-state index contributed by atoms with van der Waals surface area (Å²) in [7, 11) is 1.49. The van der Waals surface area contributed by atoms with Crippen LogP contribution in [-0.4, -0.2) is 21.6 Å². The third kappa shape index (κ3) is 2.94. The van der Waals surface area contributed by atoms with Gasteiger partial charge in [-0.1, -0.05) is 31.0 Å². The summed E-state index contributed by atoms with van der Waals surface area (Å²) in [6.07, 6.45) is 3.78. The summed E-state index contributed by atoms with van der Waals surface area (Å²) < 4.78 is 1.12. The number of hydrogen-bond acceptors (Lipinski definition) is 4. The van der Waals surface area contributed by atoms with Gasteiger partial charge in [0, 0.05) is 18.4 Å². The molecule has 0 unspecified atom stereocenters. The predicted molar refractivity (Wildman–Crippen MR) is 84.6 cm³/mol. The van der Waals surface area contributed by atoms with Crippen molar-refractivity contribution in [3.8, 4) is 0 Å². The molecule has 1 heterocycles. The van der Waals surface area contributed by atoms with E-state index in [1.807, 2.05) is 0 Å². The average Bonchev–Trinajstić information content (AvgIpc) is 3.10. The van der Waals surface area contributed by atoms with Crippen molar-refractivity contribution < 1.29 is 9.59 Å². The molecule has 1 aliphatic carbocycles. The molecular formula is C16H18N4O3. The number of carbonyl (C=O) groups excluding carboxylic acids is 2. The first-order valence-corrected chi connectivity index (χ1v) is 7.64. The first-order valence-electron chi connectivity index (χ1n) is 7.64. The summed E-state index contributed by atoms with van der Waals surface area (Å²) >= 11 is 0. The van der Waals surface area contributed by atoms with Crippen molar-refractivity contribution in [1.82, 2.24) is 20.6 Å². The van der Waals surface area contributed by atoms with Crippen LogP contribution in [-0.2, 0) is 11.8 Å². The first-order chi connectivity index (χ1) is 11.1. The minimum atomic E-state index is -0.539. The number of fused-ring (bicyclic) bond motifs is 1. The molecule has 1 aromatic heterocycles. The Morgan fingerprint density at radius 2 is 1.78 bits per heavy atom. The summed E-state index contributed by atoms with van der Waals surface area (Å²) in [6, 6.07) is 6.77. The molecule has 2 aromatic rings. The number of rotatable bonds is 2. The van der Waals surface area contributed by atoms with Gasteiger partial charge in [-0.25, -0.2) is 4.68 Å². The number of aromatic nitrogens is 2. The number of nitrogens with zero attached hydrogens (tertiary/aromatic N) is 2. The highest BCUT2D eigenvalue weighted by Crippen LogP contribution is 2.24. The lowest BCUT2D eigenvalue weighted by Crippen LogP contribution is -2.44. The number of hydrazine groups is 1. The maximum atomic E-state index is 12.3. The fraction of sp³-hybridized carbons (Fsp3) is 0.375. The van der Waals surface area contributed by atoms with E-state index in [-0.39, 0.29) is 23.1 Å². The van der Waals surface area contributed by atoms with Gasteiger partial charge in [-0.15, -0.1) is 0 Å². The fourth-order valence-electron chi connectivity index (χ4n) is 2.94. The lowest BCUT2D eigenvalue weighted by molar-refractivity contribution is -0.125. The van der Waals surface area contributed by atoms with E-state index in [9.17, 15) is 14.4 Å². The molecule has 120 valence electrons. The Morgan fingerprint density at radius 3 is 2.48 bits per heavy atom. The topological polar surface area (TPSA) is 93.1 Å². The summed E-state index contributed by atoms with van der Waals surface area (Å²) in [5, 5.41) is 4.89. The zero-order chi connectivity index (χ0) is 16.4. The van der Waals surface area contributed by atoms with Gasteiger partial charge in [0.1, 0.15) is 0 Å². The Labute approximate surface area is 132 Å². The summed E-state index contributed by atoms with van der Waals surface area (Å²) in [6.45, 7) is 0. The highest BCUT2D eigenvalue weighted by molar-refractivity contribution is 6.05. The molecule has 0 atom stereocenters. The van der Waals surface area contributed by atoms with Crippen molar-refractivity contribution in [1.29, 1.82) is 0 Å². The van der Waals surface area contributed by atoms with E-state index in [1.54, 1.807) is 24.3 Å².